The highest BCUT2D eigenvalue weighted by Crippen LogP contribution is 2.22. The van der Waals surface area contributed by atoms with E-state index in [4.69, 9.17) is 15.1 Å². The minimum Gasteiger partial charge on any atom is -0.495 e. The summed E-state index contributed by atoms with van der Waals surface area (Å²) in [6.07, 6.45) is 0. The molecule has 0 aromatic heterocycles. The average molecular weight is 177 g/mol. The third-order valence-corrected chi connectivity index (χ3v) is 1.95. The first-order chi connectivity index (χ1) is 6.22. The minimum atomic E-state index is -0.0511. The smallest absolute Gasteiger partial charge is 0.136 e. The fraction of sp³-hybridized carbons (Fsp3) is 0.300. The molecule has 0 saturated heterocycles. The van der Waals surface area contributed by atoms with Crippen LogP contribution in [0, 0.1) is 18.3 Å². The largest absolute Gasteiger partial charge is 0.495 e. The van der Waals surface area contributed by atoms with Crippen LogP contribution in [-0.4, -0.2) is 12.2 Å². The second-order valence-electron chi connectivity index (χ2n) is 2.75. The van der Waals surface area contributed by atoms with Gasteiger partial charge in [0.05, 0.1) is 19.3 Å². The van der Waals surface area contributed by atoms with Crippen molar-refractivity contribution in [2.75, 3.05) is 7.11 Å². The lowest BCUT2D eigenvalue weighted by Gasteiger charge is -2.07. The van der Waals surface area contributed by atoms with Crippen molar-refractivity contribution >= 4 is 0 Å². The van der Waals surface area contributed by atoms with Crippen molar-refractivity contribution in [3.63, 3.8) is 0 Å². The summed E-state index contributed by atoms with van der Waals surface area (Å²) in [5, 5.41) is 17.7. The molecular weight excluding hydrogens is 166 g/mol. The second kappa shape index (κ2) is 3.92. The number of nitriles is 1. The average Bonchev–Trinajstić information content (AvgIpc) is 2.17. The summed E-state index contributed by atoms with van der Waals surface area (Å²) in [6, 6.07) is 5.41. The van der Waals surface area contributed by atoms with Crippen molar-refractivity contribution in [3.05, 3.63) is 28.8 Å². The topological polar surface area (TPSA) is 53.2 Å². The van der Waals surface area contributed by atoms with E-state index in [1.807, 2.05) is 13.0 Å². The molecule has 1 aromatic rings. The molecule has 0 radical (unpaired) electrons. The van der Waals surface area contributed by atoms with Crippen LogP contribution >= 0.6 is 0 Å². The zero-order valence-corrected chi connectivity index (χ0v) is 7.66. The van der Waals surface area contributed by atoms with E-state index in [-0.39, 0.29) is 6.61 Å². The number of rotatable bonds is 2. The maximum atomic E-state index is 8.95. The molecule has 0 spiro atoms. The van der Waals surface area contributed by atoms with Crippen molar-refractivity contribution in [2.45, 2.75) is 13.5 Å². The number of aliphatic hydroxyl groups excluding tert-OH is 1. The van der Waals surface area contributed by atoms with Crippen molar-refractivity contribution < 1.29 is 9.84 Å². The molecule has 0 fully saturated rings. The maximum Gasteiger partial charge on any atom is 0.136 e. The molecule has 0 amide bonds. The molecule has 3 heteroatoms. The summed E-state index contributed by atoms with van der Waals surface area (Å²) in [7, 11) is 1.52. The first-order valence-electron chi connectivity index (χ1n) is 3.91. The molecule has 1 aromatic carbocycles. The molecule has 0 aliphatic carbocycles. The van der Waals surface area contributed by atoms with Crippen LogP contribution in [-0.2, 0) is 6.61 Å². The molecule has 0 bridgehead atoms. The van der Waals surface area contributed by atoms with Gasteiger partial charge >= 0.3 is 0 Å². The van der Waals surface area contributed by atoms with Crippen LogP contribution in [0.5, 0.6) is 5.75 Å². The van der Waals surface area contributed by atoms with Gasteiger partial charge in [0.1, 0.15) is 11.8 Å². The Kier molecular flexibility index (Phi) is 2.88. The molecule has 0 unspecified atom stereocenters. The first-order valence-corrected chi connectivity index (χ1v) is 3.91. The summed E-state index contributed by atoms with van der Waals surface area (Å²) >= 11 is 0. The van der Waals surface area contributed by atoms with Gasteiger partial charge in [-0.2, -0.15) is 5.26 Å². The summed E-state index contributed by atoms with van der Waals surface area (Å²) in [5.74, 6) is 0.553. The summed E-state index contributed by atoms with van der Waals surface area (Å²) in [4.78, 5) is 0. The zero-order chi connectivity index (χ0) is 9.84. The van der Waals surface area contributed by atoms with Crippen LogP contribution < -0.4 is 4.74 Å². The number of benzene rings is 1. The Morgan fingerprint density at radius 3 is 2.69 bits per heavy atom. The molecule has 0 aliphatic heterocycles. The van der Waals surface area contributed by atoms with E-state index in [1.165, 1.54) is 7.11 Å². The van der Waals surface area contributed by atoms with E-state index < -0.39 is 0 Å². The third-order valence-electron chi connectivity index (χ3n) is 1.95. The minimum absolute atomic E-state index is 0.0511. The fourth-order valence-electron chi connectivity index (χ4n) is 1.15. The van der Waals surface area contributed by atoms with Gasteiger partial charge in [0, 0.05) is 0 Å². The van der Waals surface area contributed by atoms with Crippen LogP contribution in [0.1, 0.15) is 16.7 Å². The van der Waals surface area contributed by atoms with E-state index in [2.05, 4.69) is 0 Å². The van der Waals surface area contributed by atoms with Crippen LogP contribution in [0.2, 0.25) is 0 Å². The normalized spacial score (nSPS) is 9.38. The van der Waals surface area contributed by atoms with Gasteiger partial charge < -0.3 is 9.84 Å². The maximum absolute atomic E-state index is 8.95. The Hall–Kier alpha value is -1.53. The number of hydrogen-bond donors (Lipinski definition) is 1. The van der Waals surface area contributed by atoms with E-state index in [9.17, 15) is 0 Å². The molecule has 0 atom stereocenters. The number of aliphatic hydroxyl groups is 1. The summed E-state index contributed by atoms with van der Waals surface area (Å²) < 4.78 is 5.01. The number of methoxy groups -OCH3 is 1. The third kappa shape index (κ3) is 1.79. The molecule has 0 aliphatic rings. The Labute approximate surface area is 77.2 Å². The standard InChI is InChI=1S/C10H11NO2/c1-7-3-10(13-2)8(5-11)4-9(7)6-12/h3-4,12H,6H2,1-2H3. The van der Waals surface area contributed by atoms with Gasteiger partial charge in [-0.15, -0.1) is 0 Å². The Balaban J connectivity index is 3.28. The monoisotopic (exact) mass is 177 g/mol. The number of hydrogen-bond acceptors (Lipinski definition) is 3. The number of ether oxygens (including phenoxy) is 1. The van der Waals surface area contributed by atoms with E-state index in [0.717, 1.165) is 11.1 Å². The van der Waals surface area contributed by atoms with Crippen molar-refractivity contribution in [2.24, 2.45) is 0 Å². The lowest BCUT2D eigenvalue weighted by atomic mass is 10.1. The molecule has 13 heavy (non-hydrogen) atoms. The molecular formula is C10H11NO2. The lowest BCUT2D eigenvalue weighted by molar-refractivity contribution is 0.281. The van der Waals surface area contributed by atoms with Crippen LogP contribution in [0.4, 0.5) is 0 Å². The van der Waals surface area contributed by atoms with Gasteiger partial charge in [-0.3, -0.25) is 0 Å². The van der Waals surface area contributed by atoms with Crippen LogP contribution in [0.3, 0.4) is 0 Å². The molecule has 1 rings (SSSR count). The van der Waals surface area contributed by atoms with E-state index in [1.54, 1.807) is 12.1 Å². The predicted molar refractivity (Wildman–Crippen MR) is 48.4 cm³/mol. The summed E-state index contributed by atoms with van der Waals surface area (Å²) in [6.45, 7) is 1.82. The van der Waals surface area contributed by atoms with Crippen molar-refractivity contribution in [3.8, 4) is 11.8 Å². The van der Waals surface area contributed by atoms with Gasteiger partial charge in [-0.1, -0.05) is 0 Å². The van der Waals surface area contributed by atoms with Gasteiger partial charge in [0.15, 0.2) is 0 Å². The molecule has 1 N–H and O–H groups in total. The molecule has 68 valence electrons. The van der Waals surface area contributed by atoms with Crippen molar-refractivity contribution in [1.29, 1.82) is 5.26 Å². The molecule has 0 heterocycles. The van der Waals surface area contributed by atoms with E-state index in [0.29, 0.717) is 11.3 Å². The van der Waals surface area contributed by atoms with Crippen LogP contribution in [0.15, 0.2) is 12.1 Å². The predicted octanol–water partition coefficient (Wildman–Crippen LogP) is 1.37. The quantitative estimate of drug-likeness (QED) is 0.742. The van der Waals surface area contributed by atoms with E-state index >= 15 is 0 Å². The SMILES string of the molecule is COc1cc(C)c(CO)cc1C#N. The van der Waals surface area contributed by atoms with Gasteiger partial charge in [-0.05, 0) is 30.2 Å². The first kappa shape index (κ1) is 9.56. The number of aryl methyl sites for hydroxylation is 1. The highest BCUT2D eigenvalue weighted by molar-refractivity contribution is 5.48. The Bertz CT molecular complexity index is 353. The number of nitrogens with zero attached hydrogens (tertiary/aromatic N) is 1. The van der Waals surface area contributed by atoms with Crippen LogP contribution in [0.25, 0.3) is 0 Å². The second-order valence-corrected chi connectivity index (χ2v) is 2.75. The van der Waals surface area contributed by atoms with Gasteiger partial charge in [0.2, 0.25) is 0 Å². The highest BCUT2D eigenvalue weighted by atomic mass is 16.5. The van der Waals surface area contributed by atoms with Crippen molar-refractivity contribution in [1.82, 2.24) is 0 Å². The van der Waals surface area contributed by atoms with Gasteiger partial charge in [-0.25, -0.2) is 0 Å². The Morgan fingerprint density at radius 2 is 2.23 bits per heavy atom. The molecule has 0 saturated carbocycles. The zero-order valence-electron chi connectivity index (χ0n) is 7.66. The van der Waals surface area contributed by atoms with Gasteiger partial charge in [0.25, 0.3) is 0 Å². The summed E-state index contributed by atoms with van der Waals surface area (Å²) in [5.41, 5.74) is 2.15. The lowest BCUT2D eigenvalue weighted by Crippen LogP contribution is -1.94. The Morgan fingerprint density at radius 1 is 1.54 bits per heavy atom. The fourth-order valence-corrected chi connectivity index (χ4v) is 1.15. The highest BCUT2D eigenvalue weighted by Gasteiger charge is 2.06. The molecule has 3 nitrogen and oxygen atoms in total.